The van der Waals surface area contributed by atoms with Gasteiger partial charge < -0.3 is 5.11 Å². The fourth-order valence-electron chi connectivity index (χ4n) is 2.94. The molecule has 134 valence electrons. The number of benzene rings is 2. The maximum atomic E-state index is 12.2. The number of phenols is 1. The van der Waals surface area contributed by atoms with Gasteiger partial charge in [-0.2, -0.15) is 0 Å². The summed E-state index contributed by atoms with van der Waals surface area (Å²) in [5, 5.41) is 10.9. The molecule has 0 heterocycles. The van der Waals surface area contributed by atoms with Crippen LogP contribution < -0.4 is 11.3 Å². The van der Waals surface area contributed by atoms with Crippen molar-refractivity contribution in [2.24, 2.45) is 5.84 Å². The smallest absolute Gasteiger partial charge is 0.265 e. The van der Waals surface area contributed by atoms with E-state index in [0.717, 1.165) is 22.3 Å². The molecule has 0 aliphatic rings. The maximum absolute atomic E-state index is 12.2. The van der Waals surface area contributed by atoms with Crippen LogP contribution in [0.2, 0.25) is 0 Å². The molecule has 0 radical (unpaired) electrons. The van der Waals surface area contributed by atoms with Crippen molar-refractivity contribution in [2.75, 3.05) is 0 Å². The predicted molar refractivity (Wildman–Crippen MR) is 103 cm³/mol. The molecule has 2 aromatic rings. The van der Waals surface area contributed by atoms with E-state index in [9.17, 15) is 9.90 Å². The number of rotatable bonds is 2. The summed E-state index contributed by atoms with van der Waals surface area (Å²) in [6, 6.07) is 11.3. The molecule has 0 aliphatic heterocycles. The van der Waals surface area contributed by atoms with Gasteiger partial charge >= 0.3 is 0 Å². The van der Waals surface area contributed by atoms with Crippen molar-refractivity contribution < 1.29 is 9.90 Å². The van der Waals surface area contributed by atoms with E-state index in [1.807, 2.05) is 30.3 Å². The zero-order valence-corrected chi connectivity index (χ0v) is 15.9. The number of hydrazine groups is 1. The number of carbonyl (C=O) groups is 1. The number of hydrogen-bond acceptors (Lipinski definition) is 3. The summed E-state index contributed by atoms with van der Waals surface area (Å²) in [5.41, 5.74) is 5.66. The number of nitrogens with two attached hydrogens (primary N) is 1. The maximum Gasteiger partial charge on any atom is 0.265 e. The molecule has 4 heteroatoms. The zero-order chi connectivity index (χ0) is 19.0. The van der Waals surface area contributed by atoms with Gasteiger partial charge in [0.15, 0.2) is 0 Å². The first kappa shape index (κ1) is 19.0. The molecule has 4 N–H and O–H groups in total. The molecule has 0 saturated carbocycles. The van der Waals surface area contributed by atoms with E-state index < -0.39 is 0 Å². The largest absolute Gasteiger partial charge is 0.507 e. The minimum atomic E-state index is -0.335. The van der Waals surface area contributed by atoms with E-state index in [-0.39, 0.29) is 16.7 Å². The van der Waals surface area contributed by atoms with E-state index >= 15 is 0 Å². The van der Waals surface area contributed by atoms with Crippen molar-refractivity contribution in [2.45, 2.75) is 52.4 Å². The lowest BCUT2D eigenvalue weighted by Gasteiger charge is -2.28. The van der Waals surface area contributed by atoms with Gasteiger partial charge in [0.2, 0.25) is 0 Å². The van der Waals surface area contributed by atoms with Crippen LogP contribution in [0.1, 0.15) is 63.0 Å². The van der Waals surface area contributed by atoms with Gasteiger partial charge in [-0.15, -0.1) is 0 Å². The summed E-state index contributed by atoms with van der Waals surface area (Å²) >= 11 is 0. The number of phenolic OH excluding ortho intramolecular Hbond substituents is 1. The van der Waals surface area contributed by atoms with E-state index in [1.165, 1.54) is 0 Å². The van der Waals surface area contributed by atoms with Crippen LogP contribution in [-0.4, -0.2) is 11.0 Å². The fraction of sp³-hybridized carbons (Fsp3) is 0.381. The standard InChI is InChI=1S/C21H28N2O2/c1-20(2,3)16-11-13(12-17(18(16)24)21(4,5)6)14-9-7-8-10-15(14)19(25)23-22/h7-12,24H,22H2,1-6H3,(H,23,25). The van der Waals surface area contributed by atoms with Crippen molar-refractivity contribution in [3.8, 4) is 16.9 Å². The highest BCUT2D eigenvalue weighted by Gasteiger charge is 2.27. The molecule has 0 aromatic heterocycles. The van der Waals surface area contributed by atoms with Gasteiger partial charge in [-0.05, 0) is 40.2 Å². The van der Waals surface area contributed by atoms with Crippen LogP contribution in [0, 0.1) is 0 Å². The van der Waals surface area contributed by atoms with Crippen LogP contribution in [-0.2, 0) is 10.8 Å². The van der Waals surface area contributed by atoms with Crippen molar-refractivity contribution in [3.05, 3.63) is 53.1 Å². The SMILES string of the molecule is CC(C)(C)c1cc(-c2ccccc2C(=O)NN)cc(C(C)(C)C)c1O. The first-order valence-electron chi connectivity index (χ1n) is 8.45. The minimum Gasteiger partial charge on any atom is -0.507 e. The first-order valence-corrected chi connectivity index (χ1v) is 8.45. The van der Waals surface area contributed by atoms with E-state index in [4.69, 9.17) is 5.84 Å². The molecule has 2 aromatic carbocycles. The third kappa shape index (κ3) is 3.85. The third-order valence-electron chi connectivity index (χ3n) is 4.34. The average Bonchev–Trinajstić information content (AvgIpc) is 2.52. The Labute approximate surface area is 150 Å². The van der Waals surface area contributed by atoms with Crippen LogP contribution in [0.4, 0.5) is 0 Å². The molecule has 1 amide bonds. The summed E-state index contributed by atoms with van der Waals surface area (Å²) in [7, 11) is 0. The van der Waals surface area contributed by atoms with Crippen molar-refractivity contribution >= 4 is 5.91 Å². The number of amides is 1. The Morgan fingerprint density at radius 2 is 1.44 bits per heavy atom. The number of aromatic hydroxyl groups is 1. The average molecular weight is 340 g/mol. The van der Waals surface area contributed by atoms with Crippen LogP contribution in [0.3, 0.4) is 0 Å². The summed E-state index contributed by atoms with van der Waals surface area (Å²) in [5.74, 6) is 5.32. The monoisotopic (exact) mass is 340 g/mol. The minimum absolute atomic E-state index is 0.231. The highest BCUT2D eigenvalue weighted by Crippen LogP contribution is 2.42. The molecule has 2 rings (SSSR count). The van der Waals surface area contributed by atoms with E-state index in [0.29, 0.717) is 11.3 Å². The molecule has 0 atom stereocenters. The van der Waals surface area contributed by atoms with E-state index in [1.54, 1.807) is 6.07 Å². The van der Waals surface area contributed by atoms with Gasteiger partial charge in [-0.3, -0.25) is 10.2 Å². The summed E-state index contributed by atoms with van der Waals surface area (Å²) < 4.78 is 0. The Morgan fingerprint density at radius 1 is 0.960 bits per heavy atom. The lowest BCUT2D eigenvalue weighted by molar-refractivity contribution is 0.0954. The Morgan fingerprint density at radius 3 is 1.88 bits per heavy atom. The topological polar surface area (TPSA) is 75.4 Å². The quantitative estimate of drug-likeness (QED) is 0.434. The number of nitrogens with one attached hydrogen (secondary N) is 1. The first-order chi connectivity index (χ1) is 11.5. The van der Waals surface area contributed by atoms with Gasteiger partial charge in [-0.25, -0.2) is 5.84 Å². The fourth-order valence-corrected chi connectivity index (χ4v) is 2.94. The summed E-state index contributed by atoms with van der Waals surface area (Å²) in [4.78, 5) is 12.2. The van der Waals surface area contributed by atoms with Gasteiger partial charge in [-0.1, -0.05) is 59.7 Å². The summed E-state index contributed by atoms with van der Waals surface area (Å²) in [6.45, 7) is 12.4. The van der Waals surface area contributed by atoms with Gasteiger partial charge in [0.25, 0.3) is 5.91 Å². The Bertz CT molecular complexity index is 761. The van der Waals surface area contributed by atoms with Crippen LogP contribution >= 0.6 is 0 Å². The van der Waals surface area contributed by atoms with Gasteiger partial charge in [0.1, 0.15) is 5.75 Å². The Kier molecular flexibility index (Phi) is 4.96. The third-order valence-corrected chi connectivity index (χ3v) is 4.34. The highest BCUT2D eigenvalue weighted by molar-refractivity contribution is 6.00. The zero-order valence-electron chi connectivity index (χ0n) is 15.9. The second kappa shape index (κ2) is 6.52. The van der Waals surface area contributed by atoms with Crippen LogP contribution in [0.25, 0.3) is 11.1 Å². The molecule has 0 aliphatic carbocycles. The molecule has 4 nitrogen and oxygen atoms in total. The van der Waals surface area contributed by atoms with Crippen LogP contribution in [0.15, 0.2) is 36.4 Å². The molecular formula is C21H28N2O2. The normalized spacial score (nSPS) is 12.1. The number of carbonyl (C=O) groups excluding carboxylic acids is 1. The van der Waals surface area contributed by atoms with Gasteiger partial charge in [0, 0.05) is 16.7 Å². The molecule has 0 bridgehead atoms. The number of nitrogen functional groups attached to an aromatic ring is 1. The highest BCUT2D eigenvalue weighted by atomic mass is 16.3. The van der Waals surface area contributed by atoms with Crippen LogP contribution in [0.5, 0.6) is 5.75 Å². The lowest BCUT2D eigenvalue weighted by Crippen LogP contribution is -2.30. The molecular weight excluding hydrogens is 312 g/mol. The van der Waals surface area contributed by atoms with Crippen molar-refractivity contribution in [3.63, 3.8) is 0 Å². The Balaban J connectivity index is 2.82. The lowest BCUT2D eigenvalue weighted by atomic mass is 9.77. The van der Waals surface area contributed by atoms with Crippen molar-refractivity contribution in [1.82, 2.24) is 5.43 Å². The number of hydrogen-bond donors (Lipinski definition) is 3. The molecule has 0 fully saturated rings. The predicted octanol–water partition coefficient (Wildman–Crippen LogP) is 4.26. The molecule has 0 spiro atoms. The molecule has 0 unspecified atom stereocenters. The van der Waals surface area contributed by atoms with Gasteiger partial charge in [0.05, 0.1) is 0 Å². The molecule has 0 saturated heterocycles. The van der Waals surface area contributed by atoms with E-state index in [2.05, 4.69) is 47.0 Å². The summed E-state index contributed by atoms with van der Waals surface area (Å²) in [6.07, 6.45) is 0. The second-order valence-electron chi connectivity index (χ2n) is 8.44. The second-order valence-corrected chi connectivity index (χ2v) is 8.44. The Hall–Kier alpha value is -2.33. The molecule has 25 heavy (non-hydrogen) atoms. The van der Waals surface area contributed by atoms with Crippen molar-refractivity contribution in [1.29, 1.82) is 0 Å².